The minimum absolute atomic E-state index is 0.0408. The standard InChI is InChI=1S/C18H16Cl3NO2/c1-24-17-9-12(7-8-16(17)23)11-22-15(10-14(19)18(20)21)13-5-3-2-4-6-13/h2-9,11,15,23H,10H2,1H3. The molecule has 0 fully saturated rings. The molecule has 126 valence electrons. The molecule has 0 heterocycles. The molecule has 0 aliphatic carbocycles. The average Bonchev–Trinajstić information content (AvgIpc) is 2.60. The van der Waals surface area contributed by atoms with Crippen LogP contribution in [-0.2, 0) is 0 Å². The van der Waals surface area contributed by atoms with E-state index < -0.39 is 0 Å². The second-order valence-corrected chi connectivity index (χ2v) is 6.41. The highest BCUT2D eigenvalue weighted by molar-refractivity contribution is 6.59. The van der Waals surface area contributed by atoms with Crippen molar-refractivity contribution in [2.45, 2.75) is 12.5 Å². The fourth-order valence-corrected chi connectivity index (χ4v) is 2.43. The number of benzene rings is 2. The number of aliphatic imine (C=N–C) groups is 1. The smallest absolute Gasteiger partial charge is 0.161 e. The van der Waals surface area contributed by atoms with Gasteiger partial charge >= 0.3 is 0 Å². The van der Waals surface area contributed by atoms with Crippen LogP contribution in [0.4, 0.5) is 0 Å². The van der Waals surface area contributed by atoms with Gasteiger partial charge in [-0.25, -0.2) is 0 Å². The molecule has 0 aromatic heterocycles. The van der Waals surface area contributed by atoms with Crippen LogP contribution in [0, 0.1) is 0 Å². The van der Waals surface area contributed by atoms with Gasteiger partial charge in [0.25, 0.3) is 0 Å². The van der Waals surface area contributed by atoms with E-state index in [0.29, 0.717) is 17.2 Å². The van der Waals surface area contributed by atoms with E-state index in [0.717, 1.165) is 11.1 Å². The number of nitrogens with zero attached hydrogens (tertiary/aromatic N) is 1. The molecular formula is C18H16Cl3NO2. The van der Waals surface area contributed by atoms with E-state index in [4.69, 9.17) is 39.5 Å². The molecule has 0 spiro atoms. The van der Waals surface area contributed by atoms with Gasteiger partial charge in [0, 0.05) is 12.6 Å². The first kappa shape index (κ1) is 18.7. The summed E-state index contributed by atoms with van der Waals surface area (Å²) in [5.41, 5.74) is 1.79. The third kappa shape index (κ3) is 5.17. The second kappa shape index (κ2) is 8.97. The number of methoxy groups -OCH3 is 1. The maximum absolute atomic E-state index is 9.65. The molecule has 24 heavy (non-hydrogen) atoms. The Bertz CT molecular complexity index is 741. The molecule has 2 aromatic rings. The molecule has 2 aromatic carbocycles. The van der Waals surface area contributed by atoms with Gasteiger partial charge in [0.2, 0.25) is 0 Å². The Morgan fingerprint density at radius 3 is 2.50 bits per heavy atom. The van der Waals surface area contributed by atoms with E-state index in [-0.39, 0.29) is 16.3 Å². The van der Waals surface area contributed by atoms with Crippen molar-refractivity contribution in [3.8, 4) is 11.5 Å². The minimum atomic E-state index is -0.231. The summed E-state index contributed by atoms with van der Waals surface area (Å²) in [6, 6.07) is 14.5. The van der Waals surface area contributed by atoms with Gasteiger partial charge < -0.3 is 9.84 Å². The van der Waals surface area contributed by atoms with E-state index in [2.05, 4.69) is 4.99 Å². The SMILES string of the molecule is COc1cc(C=NC(CC(Cl)=C(Cl)Cl)c2ccccc2)ccc1O. The van der Waals surface area contributed by atoms with Crippen molar-refractivity contribution in [3.63, 3.8) is 0 Å². The second-order valence-electron chi connectivity index (χ2n) is 5.01. The largest absolute Gasteiger partial charge is 0.504 e. The minimum Gasteiger partial charge on any atom is -0.504 e. The molecule has 0 radical (unpaired) electrons. The normalized spacial score (nSPS) is 12.2. The van der Waals surface area contributed by atoms with E-state index in [1.165, 1.54) is 7.11 Å². The zero-order valence-corrected chi connectivity index (χ0v) is 15.2. The first-order valence-electron chi connectivity index (χ1n) is 7.16. The summed E-state index contributed by atoms with van der Waals surface area (Å²) >= 11 is 17.6. The molecule has 3 nitrogen and oxygen atoms in total. The van der Waals surface area contributed by atoms with E-state index in [1.807, 2.05) is 30.3 Å². The summed E-state index contributed by atoms with van der Waals surface area (Å²) in [6.07, 6.45) is 2.09. The van der Waals surface area contributed by atoms with Gasteiger partial charge in [0.15, 0.2) is 11.5 Å². The first-order chi connectivity index (χ1) is 11.5. The van der Waals surface area contributed by atoms with Crippen molar-refractivity contribution < 1.29 is 9.84 Å². The lowest BCUT2D eigenvalue weighted by Crippen LogP contribution is -1.97. The van der Waals surface area contributed by atoms with Crippen LogP contribution in [0.1, 0.15) is 23.6 Å². The summed E-state index contributed by atoms with van der Waals surface area (Å²) in [5.74, 6) is 0.464. The lowest BCUT2D eigenvalue weighted by Gasteiger charge is -2.13. The van der Waals surface area contributed by atoms with Crippen LogP contribution >= 0.6 is 34.8 Å². The van der Waals surface area contributed by atoms with Crippen LogP contribution in [0.3, 0.4) is 0 Å². The van der Waals surface area contributed by atoms with Gasteiger partial charge in [-0.2, -0.15) is 0 Å². The predicted octanol–water partition coefficient (Wildman–Crippen LogP) is 5.84. The number of aromatic hydroxyl groups is 1. The summed E-state index contributed by atoms with van der Waals surface area (Å²) in [7, 11) is 1.50. The number of hydrogen-bond acceptors (Lipinski definition) is 3. The molecule has 2 rings (SSSR count). The fraction of sp³-hybridized carbons (Fsp3) is 0.167. The van der Waals surface area contributed by atoms with Gasteiger partial charge in [-0.3, -0.25) is 4.99 Å². The summed E-state index contributed by atoms with van der Waals surface area (Å²) in [5, 5.41) is 10.0. The Balaban J connectivity index is 2.29. The van der Waals surface area contributed by atoms with Gasteiger partial charge in [-0.15, -0.1) is 0 Å². The Labute approximate surface area is 156 Å². The molecule has 6 heteroatoms. The Morgan fingerprint density at radius 2 is 1.88 bits per heavy atom. The number of halogens is 3. The van der Waals surface area contributed by atoms with Crippen molar-refractivity contribution in [1.29, 1.82) is 0 Å². The first-order valence-corrected chi connectivity index (χ1v) is 8.29. The number of rotatable bonds is 6. The molecule has 1 N–H and O–H groups in total. The predicted molar refractivity (Wildman–Crippen MR) is 101 cm³/mol. The maximum Gasteiger partial charge on any atom is 0.161 e. The van der Waals surface area contributed by atoms with Crippen molar-refractivity contribution in [3.05, 3.63) is 69.2 Å². The fourth-order valence-electron chi connectivity index (χ4n) is 2.13. The third-order valence-corrected chi connectivity index (χ3v) is 4.36. The van der Waals surface area contributed by atoms with Crippen molar-refractivity contribution in [2.75, 3.05) is 7.11 Å². The zero-order chi connectivity index (χ0) is 17.5. The topological polar surface area (TPSA) is 41.8 Å². The van der Waals surface area contributed by atoms with Crippen LogP contribution in [0.25, 0.3) is 0 Å². The molecular weight excluding hydrogens is 369 g/mol. The average molecular weight is 385 g/mol. The number of ether oxygens (including phenoxy) is 1. The molecule has 0 amide bonds. The Morgan fingerprint density at radius 1 is 1.17 bits per heavy atom. The molecule has 1 unspecified atom stereocenters. The van der Waals surface area contributed by atoms with Crippen LogP contribution in [0.5, 0.6) is 11.5 Å². The molecule has 0 saturated carbocycles. The number of hydrogen-bond donors (Lipinski definition) is 1. The molecule has 0 aliphatic rings. The van der Waals surface area contributed by atoms with Gasteiger partial charge in [0.05, 0.1) is 18.2 Å². The highest BCUT2D eigenvalue weighted by Crippen LogP contribution is 2.31. The van der Waals surface area contributed by atoms with E-state index in [1.54, 1.807) is 24.4 Å². The number of phenols is 1. The van der Waals surface area contributed by atoms with Crippen molar-refractivity contribution in [1.82, 2.24) is 0 Å². The zero-order valence-electron chi connectivity index (χ0n) is 12.9. The lowest BCUT2D eigenvalue weighted by molar-refractivity contribution is 0.373. The summed E-state index contributed by atoms with van der Waals surface area (Å²) in [4.78, 5) is 4.59. The molecule has 0 saturated heterocycles. The highest BCUT2D eigenvalue weighted by Gasteiger charge is 2.13. The molecule has 0 bridgehead atoms. The quantitative estimate of drug-likeness (QED) is 0.636. The lowest BCUT2D eigenvalue weighted by atomic mass is 10.0. The van der Waals surface area contributed by atoms with Crippen LogP contribution in [0.15, 0.2) is 63.0 Å². The van der Waals surface area contributed by atoms with Crippen LogP contribution in [0.2, 0.25) is 0 Å². The van der Waals surface area contributed by atoms with Crippen molar-refractivity contribution >= 4 is 41.0 Å². The molecule has 0 aliphatic heterocycles. The maximum atomic E-state index is 9.65. The van der Waals surface area contributed by atoms with Gasteiger partial charge in [-0.05, 0) is 29.3 Å². The van der Waals surface area contributed by atoms with Gasteiger partial charge in [-0.1, -0.05) is 65.1 Å². The monoisotopic (exact) mass is 383 g/mol. The third-order valence-electron chi connectivity index (χ3n) is 3.37. The summed E-state index contributed by atoms with van der Waals surface area (Å²) < 4.78 is 5.14. The van der Waals surface area contributed by atoms with Crippen LogP contribution in [-0.4, -0.2) is 18.4 Å². The highest BCUT2D eigenvalue weighted by atomic mass is 35.5. The van der Waals surface area contributed by atoms with E-state index >= 15 is 0 Å². The van der Waals surface area contributed by atoms with Crippen molar-refractivity contribution in [2.24, 2.45) is 4.99 Å². The number of phenolic OH excluding ortho intramolecular Hbond substituents is 1. The Hall–Kier alpha value is -1.68. The Kier molecular flexibility index (Phi) is 6.98. The molecule has 1 atom stereocenters. The van der Waals surface area contributed by atoms with E-state index in [9.17, 15) is 5.11 Å². The van der Waals surface area contributed by atoms with Crippen LogP contribution < -0.4 is 4.74 Å². The van der Waals surface area contributed by atoms with Gasteiger partial charge in [0.1, 0.15) is 4.49 Å². The summed E-state index contributed by atoms with van der Waals surface area (Å²) in [6.45, 7) is 0.